The molecule has 0 aliphatic rings. The molecule has 3 rings (SSSR count). The van der Waals surface area contributed by atoms with Crippen LogP contribution in [0.5, 0.6) is 5.75 Å². The highest BCUT2D eigenvalue weighted by Crippen LogP contribution is 2.31. The van der Waals surface area contributed by atoms with Crippen LogP contribution in [-0.4, -0.2) is 12.2 Å². The van der Waals surface area contributed by atoms with Crippen molar-refractivity contribution < 1.29 is 14.3 Å². The van der Waals surface area contributed by atoms with Crippen molar-refractivity contribution in [1.82, 2.24) is 0 Å². The van der Waals surface area contributed by atoms with Crippen LogP contribution in [0.25, 0.3) is 11.0 Å². The average molecular weight is 282 g/mol. The van der Waals surface area contributed by atoms with Crippen molar-refractivity contribution in [3.8, 4) is 5.75 Å². The topological polar surface area (TPSA) is 42.6 Å². The third-order valence-corrected chi connectivity index (χ3v) is 3.71. The van der Waals surface area contributed by atoms with Crippen LogP contribution >= 0.6 is 0 Å². The summed E-state index contributed by atoms with van der Waals surface area (Å²) in [6.45, 7) is 4.01. The van der Waals surface area contributed by atoms with Gasteiger partial charge in [0, 0.05) is 5.39 Å². The van der Waals surface area contributed by atoms with E-state index in [1.54, 1.807) is 7.11 Å². The van der Waals surface area contributed by atoms with E-state index in [0.717, 1.165) is 27.8 Å². The van der Waals surface area contributed by atoms with E-state index in [1.165, 1.54) is 5.56 Å². The summed E-state index contributed by atoms with van der Waals surface area (Å²) < 4.78 is 11.1. The van der Waals surface area contributed by atoms with E-state index >= 15 is 0 Å². The number of aryl methyl sites for hydroxylation is 2. The Balaban J connectivity index is 2.01. The van der Waals surface area contributed by atoms with Gasteiger partial charge in [0.2, 0.25) is 0 Å². The number of ether oxygens (including phenoxy) is 1. The molecule has 0 aliphatic heterocycles. The second kappa shape index (κ2) is 5.26. The smallest absolute Gasteiger partial charge is 0.138 e. The molecule has 0 amide bonds. The zero-order valence-corrected chi connectivity index (χ0v) is 12.4. The Bertz CT molecular complexity index is 786. The molecule has 3 aromatic rings. The van der Waals surface area contributed by atoms with Gasteiger partial charge in [-0.25, -0.2) is 0 Å². The summed E-state index contributed by atoms with van der Waals surface area (Å²) in [5.74, 6) is 1.31. The average Bonchev–Trinajstić information content (AvgIpc) is 2.90. The zero-order chi connectivity index (χ0) is 15.0. The van der Waals surface area contributed by atoms with E-state index < -0.39 is 6.10 Å². The second-order valence-electron chi connectivity index (χ2n) is 5.32. The largest absolute Gasteiger partial charge is 0.496 e. The standard InChI is InChI=1S/C18H18O3/c1-11-4-7-15-14(8-11)10-17(21-15)18(19)13-6-5-12(2)16(9-13)20-3/h4-10,18-19H,1-3H3. The van der Waals surface area contributed by atoms with Crippen molar-refractivity contribution in [2.24, 2.45) is 0 Å². The number of hydrogen-bond acceptors (Lipinski definition) is 3. The van der Waals surface area contributed by atoms with Crippen molar-refractivity contribution in [3.63, 3.8) is 0 Å². The third kappa shape index (κ3) is 2.52. The molecular formula is C18H18O3. The van der Waals surface area contributed by atoms with E-state index in [0.29, 0.717) is 5.76 Å². The SMILES string of the molecule is COc1cc(C(O)c2cc3cc(C)ccc3o2)ccc1C. The third-order valence-electron chi connectivity index (χ3n) is 3.71. The van der Waals surface area contributed by atoms with Crippen LogP contribution in [0.3, 0.4) is 0 Å². The molecule has 1 unspecified atom stereocenters. The number of aliphatic hydroxyl groups is 1. The minimum Gasteiger partial charge on any atom is -0.496 e. The molecule has 0 spiro atoms. The van der Waals surface area contributed by atoms with Gasteiger partial charge in [-0.05, 0) is 49.2 Å². The quantitative estimate of drug-likeness (QED) is 0.785. The Morgan fingerprint density at radius 3 is 2.62 bits per heavy atom. The first-order valence-electron chi connectivity index (χ1n) is 6.91. The van der Waals surface area contributed by atoms with Gasteiger partial charge in [0.25, 0.3) is 0 Å². The predicted octanol–water partition coefficient (Wildman–Crippen LogP) is 4.14. The van der Waals surface area contributed by atoms with Crippen LogP contribution in [0.2, 0.25) is 0 Å². The van der Waals surface area contributed by atoms with E-state index in [-0.39, 0.29) is 0 Å². The molecule has 2 aromatic carbocycles. The lowest BCUT2D eigenvalue weighted by Crippen LogP contribution is -1.99. The van der Waals surface area contributed by atoms with Crippen LogP contribution in [0.15, 0.2) is 46.9 Å². The van der Waals surface area contributed by atoms with Gasteiger partial charge >= 0.3 is 0 Å². The minimum atomic E-state index is -0.799. The number of methoxy groups -OCH3 is 1. The van der Waals surface area contributed by atoms with E-state index in [9.17, 15) is 5.11 Å². The minimum absolute atomic E-state index is 0.543. The molecule has 1 N–H and O–H groups in total. The summed E-state index contributed by atoms with van der Waals surface area (Å²) in [4.78, 5) is 0. The lowest BCUT2D eigenvalue weighted by atomic mass is 10.0. The van der Waals surface area contributed by atoms with Crippen molar-refractivity contribution in [3.05, 3.63) is 64.9 Å². The molecule has 1 atom stereocenters. The molecule has 0 bridgehead atoms. The normalized spacial score (nSPS) is 12.6. The Hall–Kier alpha value is -2.26. The van der Waals surface area contributed by atoms with Crippen LogP contribution < -0.4 is 4.74 Å². The molecule has 1 heterocycles. The van der Waals surface area contributed by atoms with Gasteiger partial charge < -0.3 is 14.3 Å². The molecule has 108 valence electrons. The monoisotopic (exact) mass is 282 g/mol. The van der Waals surface area contributed by atoms with Gasteiger partial charge in [0.1, 0.15) is 23.2 Å². The molecule has 0 saturated carbocycles. The Labute approximate surface area is 123 Å². The number of rotatable bonds is 3. The van der Waals surface area contributed by atoms with Gasteiger partial charge in [0.15, 0.2) is 0 Å². The van der Waals surface area contributed by atoms with Gasteiger partial charge in [-0.3, -0.25) is 0 Å². The number of furan rings is 1. The molecule has 0 fully saturated rings. The van der Waals surface area contributed by atoms with E-state index in [1.807, 2.05) is 56.3 Å². The first-order valence-corrected chi connectivity index (χ1v) is 6.91. The van der Waals surface area contributed by atoms with E-state index in [2.05, 4.69) is 0 Å². The zero-order valence-electron chi connectivity index (χ0n) is 12.4. The lowest BCUT2D eigenvalue weighted by Gasteiger charge is -2.11. The van der Waals surface area contributed by atoms with Gasteiger partial charge in [-0.15, -0.1) is 0 Å². The fourth-order valence-corrected chi connectivity index (χ4v) is 2.49. The molecule has 3 nitrogen and oxygen atoms in total. The lowest BCUT2D eigenvalue weighted by molar-refractivity contribution is 0.192. The van der Waals surface area contributed by atoms with E-state index in [4.69, 9.17) is 9.15 Å². The van der Waals surface area contributed by atoms with Crippen molar-refractivity contribution in [2.45, 2.75) is 20.0 Å². The number of fused-ring (bicyclic) bond motifs is 1. The number of aliphatic hydroxyl groups excluding tert-OH is 1. The van der Waals surface area contributed by atoms with Crippen molar-refractivity contribution in [2.75, 3.05) is 7.11 Å². The van der Waals surface area contributed by atoms with Crippen LogP contribution in [0.1, 0.15) is 28.6 Å². The molecule has 1 aromatic heterocycles. The second-order valence-corrected chi connectivity index (χ2v) is 5.32. The molecule has 0 saturated heterocycles. The molecule has 0 radical (unpaired) electrons. The fourth-order valence-electron chi connectivity index (χ4n) is 2.49. The summed E-state index contributed by atoms with van der Waals surface area (Å²) in [7, 11) is 1.63. The number of benzene rings is 2. The predicted molar refractivity (Wildman–Crippen MR) is 82.7 cm³/mol. The molecule has 3 heteroatoms. The first-order chi connectivity index (χ1) is 10.1. The summed E-state index contributed by atoms with van der Waals surface area (Å²) in [6, 6.07) is 13.5. The maximum absolute atomic E-state index is 10.5. The van der Waals surface area contributed by atoms with Gasteiger partial charge in [-0.2, -0.15) is 0 Å². The van der Waals surface area contributed by atoms with Crippen LogP contribution in [-0.2, 0) is 0 Å². The summed E-state index contributed by atoms with van der Waals surface area (Å²) in [6.07, 6.45) is -0.799. The van der Waals surface area contributed by atoms with Gasteiger partial charge in [0.05, 0.1) is 7.11 Å². The first kappa shape index (κ1) is 13.7. The number of hydrogen-bond donors (Lipinski definition) is 1. The highest BCUT2D eigenvalue weighted by molar-refractivity contribution is 5.78. The molecule has 0 aliphatic carbocycles. The summed E-state index contributed by atoms with van der Waals surface area (Å²) >= 11 is 0. The summed E-state index contributed by atoms with van der Waals surface area (Å²) in [5, 5.41) is 11.5. The Kier molecular flexibility index (Phi) is 3.43. The fraction of sp³-hybridized carbons (Fsp3) is 0.222. The van der Waals surface area contributed by atoms with Crippen LogP contribution in [0, 0.1) is 13.8 Å². The Morgan fingerprint density at radius 1 is 1.05 bits per heavy atom. The highest BCUT2D eigenvalue weighted by atomic mass is 16.5. The van der Waals surface area contributed by atoms with Crippen LogP contribution in [0.4, 0.5) is 0 Å². The maximum Gasteiger partial charge on any atom is 0.138 e. The Morgan fingerprint density at radius 2 is 1.86 bits per heavy atom. The van der Waals surface area contributed by atoms with Crippen molar-refractivity contribution >= 4 is 11.0 Å². The highest BCUT2D eigenvalue weighted by Gasteiger charge is 2.17. The molecular weight excluding hydrogens is 264 g/mol. The molecule has 21 heavy (non-hydrogen) atoms. The van der Waals surface area contributed by atoms with Gasteiger partial charge in [-0.1, -0.05) is 23.8 Å². The summed E-state index contributed by atoms with van der Waals surface area (Å²) in [5.41, 5.74) is 3.75. The maximum atomic E-state index is 10.5. The van der Waals surface area contributed by atoms with Crippen molar-refractivity contribution in [1.29, 1.82) is 0 Å².